The number of pyridine rings is 1. The molecule has 0 radical (unpaired) electrons. The van der Waals surface area contributed by atoms with Crippen molar-refractivity contribution in [2.75, 3.05) is 26.0 Å². The van der Waals surface area contributed by atoms with Gasteiger partial charge in [-0.05, 0) is 32.1 Å². The van der Waals surface area contributed by atoms with Gasteiger partial charge in [0.05, 0.1) is 28.5 Å². The highest BCUT2D eigenvalue weighted by atomic mass is 35.5. The number of carbonyl (C=O) groups excluding carboxylic acids is 2. The third kappa shape index (κ3) is 4.62. The van der Waals surface area contributed by atoms with Crippen molar-refractivity contribution in [1.82, 2.24) is 19.9 Å². The first-order valence-corrected chi connectivity index (χ1v) is 10.6. The number of ether oxygens (including phenoxy) is 1. The van der Waals surface area contributed by atoms with Crippen molar-refractivity contribution in [2.45, 2.75) is 30.8 Å². The lowest BCUT2D eigenvalue weighted by Crippen LogP contribution is -2.38. The minimum absolute atomic E-state index is 0.0656. The fourth-order valence-corrected chi connectivity index (χ4v) is 3.69. The minimum Gasteiger partial charge on any atom is -0.462 e. The van der Waals surface area contributed by atoms with Crippen molar-refractivity contribution in [2.24, 2.45) is 0 Å². The summed E-state index contributed by atoms with van der Waals surface area (Å²) in [5.74, 6) is -0.436. The summed E-state index contributed by atoms with van der Waals surface area (Å²) in [6.07, 6.45) is 7.96. The summed E-state index contributed by atoms with van der Waals surface area (Å²) in [6.45, 7) is 3.19. The van der Waals surface area contributed by atoms with Crippen LogP contribution in [0.25, 0.3) is 0 Å². The second-order valence-corrected chi connectivity index (χ2v) is 7.54. The van der Waals surface area contributed by atoms with E-state index >= 15 is 0 Å². The molecule has 1 aliphatic heterocycles. The van der Waals surface area contributed by atoms with Crippen molar-refractivity contribution in [1.29, 1.82) is 0 Å². The van der Waals surface area contributed by atoms with Crippen LogP contribution in [0.5, 0.6) is 0 Å². The van der Waals surface area contributed by atoms with E-state index in [1.165, 1.54) is 11.8 Å². The van der Waals surface area contributed by atoms with E-state index in [-0.39, 0.29) is 18.4 Å². The van der Waals surface area contributed by atoms with E-state index in [1.807, 2.05) is 6.26 Å². The van der Waals surface area contributed by atoms with Crippen LogP contribution in [0.1, 0.15) is 52.1 Å². The Labute approximate surface area is 172 Å². The van der Waals surface area contributed by atoms with Gasteiger partial charge in [-0.3, -0.25) is 9.78 Å². The van der Waals surface area contributed by atoms with E-state index in [4.69, 9.17) is 16.3 Å². The summed E-state index contributed by atoms with van der Waals surface area (Å²) in [5, 5.41) is 1.03. The predicted octanol–water partition coefficient (Wildman–Crippen LogP) is 3.44. The van der Waals surface area contributed by atoms with Gasteiger partial charge < -0.3 is 9.64 Å². The Kier molecular flexibility index (Phi) is 6.85. The van der Waals surface area contributed by atoms with Gasteiger partial charge in [0.1, 0.15) is 0 Å². The standard InChI is InChI=1S/C19H21ClN4O3S/c1-3-27-18(26)15-8-14(20)11-21-16(15)12-4-6-24(7-5-12)17(25)13-9-22-19(28-2)23-10-13/h8-12H,3-7H2,1-2H3. The molecule has 7 nitrogen and oxygen atoms in total. The molecule has 0 spiro atoms. The maximum atomic E-state index is 12.7. The number of hydrogen-bond acceptors (Lipinski definition) is 7. The highest BCUT2D eigenvalue weighted by molar-refractivity contribution is 7.98. The second-order valence-electron chi connectivity index (χ2n) is 6.33. The van der Waals surface area contributed by atoms with Crippen LogP contribution in [0.2, 0.25) is 5.02 Å². The van der Waals surface area contributed by atoms with Gasteiger partial charge in [-0.2, -0.15) is 0 Å². The molecule has 1 amide bonds. The van der Waals surface area contributed by atoms with E-state index < -0.39 is 5.97 Å². The van der Waals surface area contributed by atoms with Crippen LogP contribution in [0, 0.1) is 0 Å². The number of esters is 1. The van der Waals surface area contributed by atoms with Gasteiger partial charge in [-0.15, -0.1) is 0 Å². The second kappa shape index (κ2) is 9.34. The third-order valence-corrected chi connectivity index (χ3v) is 5.39. The Bertz CT molecular complexity index is 855. The zero-order valence-electron chi connectivity index (χ0n) is 15.7. The van der Waals surface area contributed by atoms with E-state index in [2.05, 4.69) is 15.0 Å². The molecule has 1 aliphatic rings. The average Bonchev–Trinajstić information content (AvgIpc) is 2.73. The Morgan fingerprint density at radius 2 is 1.89 bits per heavy atom. The number of carbonyl (C=O) groups is 2. The Morgan fingerprint density at radius 3 is 2.50 bits per heavy atom. The maximum Gasteiger partial charge on any atom is 0.340 e. The topological polar surface area (TPSA) is 85.3 Å². The molecule has 3 rings (SSSR count). The van der Waals surface area contributed by atoms with Crippen LogP contribution in [0.4, 0.5) is 0 Å². The Balaban J connectivity index is 1.70. The molecule has 1 saturated heterocycles. The van der Waals surface area contributed by atoms with E-state index in [0.29, 0.717) is 52.9 Å². The van der Waals surface area contributed by atoms with Crippen LogP contribution in [0.3, 0.4) is 0 Å². The Morgan fingerprint density at radius 1 is 1.21 bits per heavy atom. The van der Waals surface area contributed by atoms with E-state index in [9.17, 15) is 9.59 Å². The summed E-state index contributed by atoms with van der Waals surface area (Å²) < 4.78 is 5.13. The van der Waals surface area contributed by atoms with Crippen LogP contribution in [-0.4, -0.2) is 57.7 Å². The molecule has 2 aromatic rings. The van der Waals surface area contributed by atoms with Crippen molar-refractivity contribution in [3.8, 4) is 0 Å². The van der Waals surface area contributed by atoms with Crippen molar-refractivity contribution < 1.29 is 14.3 Å². The summed E-state index contributed by atoms with van der Waals surface area (Å²) in [7, 11) is 0. The van der Waals surface area contributed by atoms with Crippen molar-refractivity contribution in [3.05, 3.63) is 46.5 Å². The zero-order valence-corrected chi connectivity index (χ0v) is 17.3. The first-order chi connectivity index (χ1) is 13.5. The monoisotopic (exact) mass is 420 g/mol. The molecule has 28 heavy (non-hydrogen) atoms. The van der Waals surface area contributed by atoms with E-state index in [1.54, 1.807) is 36.5 Å². The molecule has 0 aromatic carbocycles. The normalized spacial score (nSPS) is 14.8. The lowest BCUT2D eigenvalue weighted by atomic mass is 9.90. The highest BCUT2D eigenvalue weighted by Gasteiger charge is 2.29. The molecular formula is C19H21ClN4O3S. The molecule has 0 saturated carbocycles. The number of halogens is 1. The van der Waals surface area contributed by atoms with Gasteiger partial charge in [0, 0.05) is 37.6 Å². The highest BCUT2D eigenvalue weighted by Crippen LogP contribution is 2.31. The van der Waals surface area contributed by atoms with Crippen molar-refractivity contribution in [3.63, 3.8) is 0 Å². The number of amides is 1. The maximum absolute atomic E-state index is 12.7. The smallest absolute Gasteiger partial charge is 0.340 e. The first kappa shape index (κ1) is 20.5. The summed E-state index contributed by atoms with van der Waals surface area (Å²) in [4.78, 5) is 39.5. The number of thioether (sulfide) groups is 1. The number of piperidine rings is 1. The van der Waals surface area contributed by atoms with Gasteiger partial charge in [0.15, 0.2) is 5.16 Å². The number of hydrogen-bond donors (Lipinski definition) is 0. The number of aromatic nitrogens is 3. The van der Waals surface area contributed by atoms with Gasteiger partial charge >= 0.3 is 5.97 Å². The predicted molar refractivity (Wildman–Crippen MR) is 107 cm³/mol. The van der Waals surface area contributed by atoms with Gasteiger partial charge in [0.2, 0.25) is 0 Å². The molecule has 0 bridgehead atoms. The molecular weight excluding hydrogens is 400 g/mol. The van der Waals surface area contributed by atoms with Crippen LogP contribution in [0.15, 0.2) is 29.8 Å². The number of likely N-dealkylation sites (tertiary alicyclic amines) is 1. The quantitative estimate of drug-likeness (QED) is 0.416. The molecule has 0 atom stereocenters. The average molecular weight is 421 g/mol. The molecule has 9 heteroatoms. The minimum atomic E-state index is -0.419. The zero-order chi connectivity index (χ0) is 20.1. The lowest BCUT2D eigenvalue weighted by Gasteiger charge is -2.32. The summed E-state index contributed by atoms with van der Waals surface area (Å²) >= 11 is 7.45. The molecule has 0 unspecified atom stereocenters. The SMILES string of the molecule is CCOC(=O)c1cc(Cl)cnc1C1CCN(C(=O)c2cnc(SC)nc2)CC1. The first-order valence-electron chi connectivity index (χ1n) is 9.01. The van der Waals surface area contributed by atoms with Gasteiger partial charge in [0.25, 0.3) is 5.91 Å². The van der Waals surface area contributed by atoms with E-state index in [0.717, 1.165) is 0 Å². The molecule has 1 fully saturated rings. The molecule has 3 heterocycles. The number of rotatable bonds is 5. The summed E-state index contributed by atoms with van der Waals surface area (Å²) in [5.41, 5.74) is 1.57. The van der Waals surface area contributed by atoms with Crippen LogP contribution < -0.4 is 0 Å². The van der Waals surface area contributed by atoms with Gasteiger partial charge in [-0.1, -0.05) is 23.4 Å². The Hall–Kier alpha value is -2.19. The van der Waals surface area contributed by atoms with Crippen molar-refractivity contribution >= 4 is 35.2 Å². The fourth-order valence-electron chi connectivity index (χ4n) is 3.22. The molecule has 2 aromatic heterocycles. The molecule has 148 valence electrons. The third-order valence-electron chi connectivity index (χ3n) is 4.61. The largest absolute Gasteiger partial charge is 0.462 e. The number of nitrogens with zero attached hydrogens (tertiary/aromatic N) is 4. The molecule has 0 N–H and O–H groups in total. The summed E-state index contributed by atoms with van der Waals surface area (Å²) in [6, 6.07) is 1.60. The van der Waals surface area contributed by atoms with Gasteiger partial charge in [-0.25, -0.2) is 14.8 Å². The molecule has 0 aliphatic carbocycles. The van der Waals surface area contributed by atoms with Crippen LogP contribution >= 0.6 is 23.4 Å². The lowest BCUT2D eigenvalue weighted by molar-refractivity contribution is 0.0521. The fraction of sp³-hybridized carbons (Fsp3) is 0.421. The van der Waals surface area contributed by atoms with Crippen LogP contribution in [-0.2, 0) is 4.74 Å².